The van der Waals surface area contributed by atoms with Gasteiger partial charge in [-0.05, 0) is 25.0 Å². The van der Waals surface area contributed by atoms with E-state index in [0.29, 0.717) is 55.3 Å². The lowest BCUT2D eigenvalue weighted by Crippen LogP contribution is -2.35. The van der Waals surface area contributed by atoms with Crippen LogP contribution in [-0.4, -0.2) is 69.6 Å². The van der Waals surface area contributed by atoms with Gasteiger partial charge in [0.05, 0.1) is 31.1 Å². The first-order valence-corrected chi connectivity index (χ1v) is 11.9. The number of nitrogens with one attached hydrogen (secondary N) is 1. The first-order chi connectivity index (χ1) is 17.3. The normalized spacial score (nSPS) is 10.9. The van der Waals surface area contributed by atoms with Crippen molar-refractivity contribution in [1.82, 2.24) is 24.4 Å². The van der Waals surface area contributed by atoms with Crippen LogP contribution in [0.15, 0.2) is 35.4 Å². The second kappa shape index (κ2) is 12.7. The molecular weight excluding hydrogens is 464 g/mol. The van der Waals surface area contributed by atoms with E-state index in [1.165, 1.54) is 18.7 Å². The summed E-state index contributed by atoms with van der Waals surface area (Å²) in [5.41, 5.74) is 2.32. The Bertz CT molecular complexity index is 1240. The highest BCUT2D eigenvalue weighted by Crippen LogP contribution is 2.22. The number of ether oxygens (including phenoxy) is 2. The third kappa shape index (κ3) is 6.63. The van der Waals surface area contributed by atoms with Crippen molar-refractivity contribution in [1.29, 1.82) is 0 Å². The summed E-state index contributed by atoms with van der Waals surface area (Å²) in [6, 6.07) is 5.41. The molecule has 36 heavy (non-hydrogen) atoms. The smallest absolute Gasteiger partial charge is 0.293 e. The van der Waals surface area contributed by atoms with Gasteiger partial charge in [0.2, 0.25) is 17.7 Å². The molecule has 0 unspecified atom stereocenters. The van der Waals surface area contributed by atoms with Gasteiger partial charge >= 0.3 is 0 Å². The molecule has 11 heteroatoms. The van der Waals surface area contributed by atoms with E-state index >= 15 is 0 Å². The summed E-state index contributed by atoms with van der Waals surface area (Å²) < 4.78 is 12.4. The SMILES string of the molecule is CCCOCCn1c(=O)c(NCCCN(C(C)=O)C(C)=O)nc2cnc(-c3ccc(OC)nc3)cc21. The number of amides is 2. The van der Waals surface area contributed by atoms with Crippen LogP contribution in [0.2, 0.25) is 0 Å². The average Bonchev–Trinajstić information content (AvgIpc) is 2.87. The molecule has 0 saturated carbocycles. The van der Waals surface area contributed by atoms with Gasteiger partial charge in [-0.1, -0.05) is 6.92 Å². The molecule has 3 aromatic heterocycles. The molecule has 0 bridgehead atoms. The predicted octanol–water partition coefficient (Wildman–Crippen LogP) is 2.49. The zero-order chi connectivity index (χ0) is 26.1. The van der Waals surface area contributed by atoms with Crippen molar-refractivity contribution in [2.45, 2.75) is 40.2 Å². The maximum absolute atomic E-state index is 13.3. The molecule has 0 radical (unpaired) electrons. The van der Waals surface area contributed by atoms with Crippen LogP contribution in [-0.2, 0) is 20.9 Å². The number of hydrogen-bond donors (Lipinski definition) is 1. The van der Waals surface area contributed by atoms with Crippen molar-refractivity contribution < 1.29 is 19.1 Å². The van der Waals surface area contributed by atoms with Gasteiger partial charge in [0.25, 0.3) is 5.56 Å². The van der Waals surface area contributed by atoms with Crippen molar-refractivity contribution in [2.75, 3.05) is 38.7 Å². The Morgan fingerprint density at radius 2 is 1.89 bits per heavy atom. The average molecular weight is 497 g/mol. The van der Waals surface area contributed by atoms with Gasteiger partial charge in [-0.15, -0.1) is 0 Å². The highest BCUT2D eigenvalue weighted by molar-refractivity contribution is 5.92. The van der Waals surface area contributed by atoms with Gasteiger partial charge < -0.3 is 19.4 Å². The molecule has 0 atom stereocenters. The maximum Gasteiger partial charge on any atom is 0.293 e. The molecule has 192 valence electrons. The third-order valence-corrected chi connectivity index (χ3v) is 5.49. The maximum atomic E-state index is 13.3. The number of imide groups is 1. The Morgan fingerprint density at radius 1 is 1.11 bits per heavy atom. The van der Waals surface area contributed by atoms with Gasteiger partial charge in [0, 0.05) is 57.9 Å². The molecule has 1 N–H and O–H groups in total. The summed E-state index contributed by atoms with van der Waals surface area (Å²) in [4.78, 5) is 50.9. The lowest BCUT2D eigenvalue weighted by Gasteiger charge is -2.17. The summed E-state index contributed by atoms with van der Waals surface area (Å²) in [5, 5.41) is 3.05. The topological polar surface area (TPSA) is 129 Å². The summed E-state index contributed by atoms with van der Waals surface area (Å²) in [6.07, 6.45) is 4.64. The fourth-order valence-corrected chi connectivity index (χ4v) is 3.68. The highest BCUT2D eigenvalue weighted by Gasteiger charge is 2.15. The van der Waals surface area contributed by atoms with E-state index in [4.69, 9.17) is 9.47 Å². The molecule has 0 saturated heterocycles. The standard InChI is InChI=1S/C25H32N6O5/c1-5-12-36-13-11-31-22-14-20(19-7-8-23(35-4)28-15-19)27-16-21(22)29-24(25(31)34)26-9-6-10-30(17(2)32)18(3)33/h7-8,14-16H,5-6,9-13H2,1-4H3,(H,26,29). The minimum absolute atomic E-state index is 0.177. The number of fused-ring (bicyclic) bond motifs is 1. The molecule has 0 aliphatic heterocycles. The molecule has 11 nitrogen and oxygen atoms in total. The Hall–Kier alpha value is -3.86. The minimum Gasteiger partial charge on any atom is -0.481 e. The zero-order valence-electron chi connectivity index (χ0n) is 21.1. The van der Waals surface area contributed by atoms with Gasteiger partial charge in [0.1, 0.15) is 5.52 Å². The Kier molecular flexibility index (Phi) is 9.46. The third-order valence-electron chi connectivity index (χ3n) is 5.49. The molecule has 3 aromatic rings. The number of anilines is 1. The Labute approximate surface area is 209 Å². The van der Waals surface area contributed by atoms with Crippen LogP contribution in [0.4, 0.5) is 5.82 Å². The molecule has 0 aromatic carbocycles. The van der Waals surface area contributed by atoms with E-state index in [0.717, 1.165) is 12.0 Å². The van der Waals surface area contributed by atoms with E-state index in [9.17, 15) is 14.4 Å². The van der Waals surface area contributed by atoms with Crippen LogP contribution >= 0.6 is 0 Å². The predicted molar refractivity (Wildman–Crippen MR) is 136 cm³/mol. The Balaban J connectivity index is 1.88. The molecule has 0 fully saturated rings. The van der Waals surface area contributed by atoms with Crippen molar-refractivity contribution in [3.63, 3.8) is 0 Å². The quantitative estimate of drug-likeness (QED) is 0.376. The van der Waals surface area contributed by atoms with E-state index in [1.54, 1.807) is 30.1 Å². The second-order valence-electron chi connectivity index (χ2n) is 8.15. The van der Waals surface area contributed by atoms with Crippen molar-refractivity contribution >= 4 is 28.7 Å². The van der Waals surface area contributed by atoms with E-state index < -0.39 is 0 Å². The van der Waals surface area contributed by atoms with Crippen LogP contribution < -0.4 is 15.6 Å². The number of rotatable bonds is 12. The van der Waals surface area contributed by atoms with Crippen LogP contribution in [0.5, 0.6) is 5.88 Å². The monoisotopic (exact) mass is 496 g/mol. The lowest BCUT2D eigenvalue weighted by molar-refractivity contribution is -0.142. The number of pyridine rings is 2. The van der Waals surface area contributed by atoms with E-state index in [-0.39, 0.29) is 29.7 Å². The van der Waals surface area contributed by atoms with Crippen LogP contribution in [0, 0.1) is 0 Å². The zero-order valence-corrected chi connectivity index (χ0v) is 21.1. The number of carbonyl (C=O) groups excluding carboxylic acids is 2. The Morgan fingerprint density at radius 3 is 2.53 bits per heavy atom. The molecule has 0 spiro atoms. The number of methoxy groups -OCH3 is 1. The molecule has 2 amide bonds. The van der Waals surface area contributed by atoms with Crippen LogP contribution in [0.25, 0.3) is 22.3 Å². The summed E-state index contributed by atoms with van der Waals surface area (Å²) in [6.45, 7) is 6.67. The number of aromatic nitrogens is 4. The second-order valence-corrected chi connectivity index (χ2v) is 8.15. The first-order valence-electron chi connectivity index (χ1n) is 11.9. The van der Waals surface area contributed by atoms with Gasteiger partial charge in [-0.25, -0.2) is 9.97 Å². The summed E-state index contributed by atoms with van der Waals surface area (Å²) in [5.74, 6) is 0.0527. The summed E-state index contributed by atoms with van der Waals surface area (Å²) >= 11 is 0. The fraction of sp³-hybridized carbons (Fsp3) is 0.440. The highest BCUT2D eigenvalue weighted by atomic mass is 16.5. The number of hydrogen-bond acceptors (Lipinski definition) is 9. The van der Waals surface area contributed by atoms with Gasteiger partial charge in [-0.2, -0.15) is 0 Å². The number of nitrogens with zero attached hydrogens (tertiary/aromatic N) is 5. The van der Waals surface area contributed by atoms with Crippen LogP contribution in [0.3, 0.4) is 0 Å². The van der Waals surface area contributed by atoms with Crippen molar-refractivity contribution in [3.8, 4) is 17.1 Å². The van der Waals surface area contributed by atoms with Crippen molar-refractivity contribution in [3.05, 3.63) is 40.9 Å². The van der Waals surface area contributed by atoms with Gasteiger partial charge in [0.15, 0.2) is 5.82 Å². The van der Waals surface area contributed by atoms with Gasteiger partial charge in [-0.3, -0.25) is 24.3 Å². The number of carbonyl (C=O) groups is 2. The minimum atomic E-state index is -0.310. The molecule has 0 aliphatic rings. The molecule has 3 rings (SSSR count). The van der Waals surface area contributed by atoms with Crippen molar-refractivity contribution in [2.24, 2.45) is 0 Å². The fourth-order valence-electron chi connectivity index (χ4n) is 3.68. The molecular formula is C25H32N6O5. The van der Waals surface area contributed by atoms with E-state index in [1.807, 2.05) is 19.1 Å². The van der Waals surface area contributed by atoms with E-state index in [2.05, 4.69) is 20.3 Å². The molecule has 0 aliphatic carbocycles. The summed E-state index contributed by atoms with van der Waals surface area (Å²) in [7, 11) is 1.55. The largest absolute Gasteiger partial charge is 0.481 e. The van der Waals surface area contributed by atoms with Crippen LogP contribution in [0.1, 0.15) is 33.6 Å². The molecule has 3 heterocycles. The first kappa shape index (κ1) is 26.7. The lowest BCUT2D eigenvalue weighted by atomic mass is 10.2.